The van der Waals surface area contributed by atoms with Crippen LogP contribution in [0.4, 0.5) is 0 Å². The zero-order valence-electron chi connectivity index (χ0n) is 13.5. The number of amides is 1. The number of ether oxygens (including phenoxy) is 1. The predicted molar refractivity (Wildman–Crippen MR) is 89.3 cm³/mol. The highest BCUT2D eigenvalue weighted by molar-refractivity contribution is 5.85. The van der Waals surface area contributed by atoms with Gasteiger partial charge in [0.1, 0.15) is 12.4 Å². The molecule has 0 saturated heterocycles. The summed E-state index contributed by atoms with van der Waals surface area (Å²) in [4.78, 5) is 15.9. The SMILES string of the molecule is CCN(CC)CC(=O)N(C)CCOc1ccccc1C.Cl. The van der Waals surface area contributed by atoms with Gasteiger partial charge >= 0.3 is 0 Å². The van der Waals surface area contributed by atoms with Crippen LogP contribution in [0.1, 0.15) is 19.4 Å². The highest BCUT2D eigenvalue weighted by Crippen LogP contribution is 2.15. The Bertz CT molecular complexity index is 422. The van der Waals surface area contributed by atoms with Gasteiger partial charge in [0.05, 0.1) is 13.1 Å². The lowest BCUT2D eigenvalue weighted by molar-refractivity contribution is -0.131. The van der Waals surface area contributed by atoms with E-state index in [1.54, 1.807) is 4.90 Å². The van der Waals surface area contributed by atoms with E-state index in [1.165, 1.54) is 0 Å². The molecule has 21 heavy (non-hydrogen) atoms. The summed E-state index contributed by atoms with van der Waals surface area (Å²) in [5.41, 5.74) is 1.12. The third kappa shape index (κ3) is 6.82. The Labute approximate surface area is 134 Å². The summed E-state index contributed by atoms with van der Waals surface area (Å²) < 4.78 is 5.71. The lowest BCUT2D eigenvalue weighted by Gasteiger charge is -2.23. The third-order valence-corrected chi connectivity index (χ3v) is 3.46. The van der Waals surface area contributed by atoms with Crippen molar-refractivity contribution in [2.75, 3.05) is 39.8 Å². The van der Waals surface area contributed by atoms with Gasteiger partial charge in [0, 0.05) is 7.05 Å². The molecule has 0 bridgehead atoms. The Morgan fingerprint density at radius 3 is 2.38 bits per heavy atom. The van der Waals surface area contributed by atoms with E-state index < -0.39 is 0 Å². The highest BCUT2D eigenvalue weighted by Gasteiger charge is 2.12. The van der Waals surface area contributed by atoms with Gasteiger partial charge in [-0.1, -0.05) is 32.0 Å². The lowest BCUT2D eigenvalue weighted by Crippen LogP contribution is -2.39. The van der Waals surface area contributed by atoms with Gasteiger partial charge in [0.15, 0.2) is 0 Å². The topological polar surface area (TPSA) is 32.8 Å². The first-order valence-corrected chi connectivity index (χ1v) is 7.23. The van der Waals surface area contributed by atoms with E-state index >= 15 is 0 Å². The predicted octanol–water partition coefficient (Wildman–Crippen LogP) is 2.60. The van der Waals surface area contributed by atoms with Crippen LogP contribution in [0.5, 0.6) is 5.75 Å². The van der Waals surface area contributed by atoms with Crippen LogP contribution in [-0.4, -0.2) is 55.5 Å². The molecule has 0 spiro atoms. The number of aryl methyl sites for hydroxylation is 1. The molecule has 0 radical (unpaired) electrons. The number of hydrogen-bond donors (Lipinski definition) is 0. The van der Waals surface area contributed by atoms with Crippen LogP contribution in [-0.2, 0) is 4.79 Å². The van der Waals surface area contributed by atoms with Gasteiger partial charge in [-0.2, -0.15) is 0 Å². The maximum absolute atomic E-state index is 12.0. The summed E-state index contributed by atoms with van der Waals surface area (Å²) in [5.74, 6) is 1.03. The molecular formula is C16H27ClN2O2. The summed E-state index contributed by atoms with van der Waals surface area (Å²) in [7, 11) is 1.83. The molecular weight excluding hydrogens is 288 g/mol. The van der Waals surface area contributed by atoms with Crippen molar-refractivity contribution in [3.8, 4) is 5.75 Å². The summed E-state index contributed by atoms with van der Waals surface area (Å²) >= 11 is 0. The maximum Gasteiger partial charge on any atom is 0.236 e. The Kier molecular flexibility index (Phi) is 9.84. The fourth-order valence-corrected chi connectivity index (χ4v) is 1.89. The summed E-state index contributed by atoms with van der Waals surface area (Å²) in [6, 6.07) is 7.91. The minimum Gasteiger partial charge on any atom is -0.491 e. The van der Waals surface area contributed by atoms with Gasteiger partial charge in [0.2, 0.25) is 5.91 Å². The molecule has 0 aromatic heterocycles. The first kappa shape index (κ1) is 19.7. The number of rotatable bonds is 8. The quantitative estimate of drug-likeness (QED) is 0.739. The molecule has 0 aliphatic carbocycles. The molecule has 0 aliphatic heterocycles. The van der Waals surface area contributed by atoms with E-state index in [1.807, 2.05) is 38.2 Å². The standard InChI is InChI=1S/C16H26N2O2.ClH/c1-5-18(6-2)13-16(19)17(4)11-12-20-15-10-8-7-9-14(15)3;/h7-10H,5-6,11-13H2,1-4H3;1H. The molecule has 0 aliphatic rings. The van der Waals surface area contributed by atoms with Crippen molar-refractivity contribution in [1.82, 2.24) is 9.80 Å². The Morgan fingerprint density at radius 2 is 1.81 bits per heavy atom. The van der Waals surface area contributed by atoms with Crippen molar-refractivity contribution in [1.29, 1.82) is 0 Å². The van der Waals surface area contributed by atoms with Crippen LogP contribution in [0.15, 0.2) is 24.3 Å². The molecule has 0 N–H and O–H groups in total. The smallest absolute Gasteiger partial charge is 0.236 e. The number of carbonyl (C=O) groups excluding carboxylic acids is 1. The number of benzene rings is 1. The number of nitrogens with zero attached hydrogens (tertiary/aromatic N) is 2. The molecule has 0 atom stereocenters. The lowest BCUT2D eigenvalue weighted by atomic mass is 10.2. The number of carbonyl (C=O) groups is 1. The normalized spacial score (nSPS) is 10.1. The zero-order chi connectivity index (χ0) is 15.0. The monoisotopic (exact) mass is 314 g/mol. The van der Waals surface area contributed by atoms with E-state index in [-0.39, 0.29) is 18.3 Å². The average molecular weight is 315 g/mol. The van der Waals surface area contributed by atoms with Gasteiger partial charge in [-0.05, 0) is 31.6 Å². The minimum absolute atomic E-state index is 0. The van der Waals surface area contributed by atoms with Gasteiger partial charge in [0.25, 0.3) is 0 Å². The number of halogens is 1. The van der Waals surface area contributed by atoms with Crippen LogP contribution < -0.4 is 4.74 Å². The van der Waals surface area contributed by atoms with E-state index in [0.717, 1.165) is 24.4 Å². The molecule has 0 heterocycles. The fourth-order valence-electron chi connectivity index (χ4n) is 1.89. The minimum atomic E-state index is 0. The molecule has 1 rings (SSSR count). The largest absolute Gasteiger partial charge is 0.491 e. The van der Waals surface area contributed by atoms with Crippen molar-refractivity contribution in [3.05, 3.63) is 29.8 Å². The van der Waals surface area contributed by atoms with Crippen LogP contribution in [0.3, 0.4) is 0 Å². The van der Waals surface area contributed by atoms with Crippen LogP contribution >= 0.6 is 12.4 Å². The van der Waals surface area contributed by atoms with E-state index in [9.17, 15) is 4.79 Å². The maximum atomic E-state index is 12.0. The Morgan fingerprint density at radius 1 is 1.19 bits per heavy atom. The van der Waals surface area contributed by atoms with E-state index in [2.05, 4.69) is 18.7 Å². The van der Waals surface area contributed by atoms with Gasteiger partial charge in [-0.3, -0.25) is 9.69 Å². The zero-order valence-corrected chi connectivity index (χ0v) is 14.3. The Balaban J connectivity index is 0.00000400. The number of para-hydroxylation sites is 1. The molecule has 120 valence electrons. The van der Waals surface area contributed by atoms with Gasteiger partial charge in [-0.25, -0.2) is 0 Å². The highest BCUT2D eigenvalue weighted by atomic mass is 35.5. The van der Waals surface area contributed by atoms with Crippen molar-refractivity contribution in [2.24, 2.45) is 0 Å². The molecule has 1 aromatic carbocycles. The second kappa shape index (κ2) is 10.5. The number of hydrogen-bond acceptors (Lipinski definition) is 3. The average Bonchev–Trinajstić information content (AvgIpc) is 2.46. The van der Waals surface area contributed by atoms with Crippen LogP contribution in [0, 0.1) is 6.92 Å². The van der Waals surface area contributed by atoms with Crippen LogP contribution in [0.25, 0.3) is 0 Å². The van der Waals surface area contributed by atoms with E-state index in [0.29, 0.717) is 19.7 Å². The second-order valence-electron chi connectivity index (χ2n) is 4.89. The molecule has 0 saturated carbocycles. The van der Waals surface area contributed by atoms with Gasteiger partial charge in [-0.15, -0.1) is 12.4 Å². The molecule has 5 heteroatoms. The van der Waals surface area contributed by atoms with Crippen LogP contribution in [0.2, 0.25) is 0 Å². The first-order chi connectivity index (χ1) is 9.58. The Hall–Kier alpha value is -1.26. The van der Waals surface area contributed by atoms with Crippen molar-refractivity contribution in [2.45, 2.75) is 20.8 Å². The molecule has 4 nitrogen and oxygen atoms in total. The molecule has 1 aromatic rings. The summed E-state index contributed by atoms with van der Waals surface area (Å²) in [6.07, 6.45) is 0. The molecule has 1 amide bonds. The van der Waals surface area contributed by atoms with Crippen molar-refractivity contribution >= 4 is 18.3 Å². The first-order valence-electron chi connectivity index (χ1n) is 7.23. The second-order valence-corrected chi connectivity index (χ2v) is 4.89. The van der Waals surface area contributed by atoms with Crippen molar-refractivity contribution in [3.63, 3.8) is 0 Å². The van der Waals surface area contributed by atoms with Gasteiger partial charge < -0.3 is 9.64 Å². The van der Waals surface area contributed by atoms with E-state index in [4.69, 9.17) is 4.74 Å². The fraction of sp³-hybridized carbons (Fsp3) is 0.562. The number of likely N-dealkylation sites (N-methyl/N-ethyl adjacent to an activating group) is 2. The molecule has 0 fully saturated rings. The third-order valence-electron chi connectivity index (χ3n) is 3.46. The molecule has 0 unspecified atom stereocenters. The summed E-state index contributed by atoms with van der Waals surface area (Å²) in [5, 5.41) is 0. The van der Waals surface area contributed by atoms with Crippen molar-refractivity contribution < 1.29 is 9.53 Å². The summed E-state index contributed by atoms with van der Waals surface area (Å²) in [6.45, 7) is 9.56.